The Hall–Kier alpha value is -0.680. The summed E-state index contributed by atoms with van der Waals surface area (Å²) in [7, 11) is 0. The predicted molar refractivity (Wildman–Crippen MR) is 142 cm³/mol. The molecule has 9 rings (SSSR count). The molecule has 0 aromatic heterocycles. The van der Waals surface area contributed by atoms with Crippen LogP contribution in [0.25, 0.3) is 0 Å². The van der Waals surface area contributed by atoms with Gasteiger partial charge < -0.3 is 20.8 Å². The maximum absolute atomic E-state index is 12.8. The number of aliphatic hydroxyl groups excluding tert-OH is 1. The molecule has 11 atom stereocenters. The fourth-order valence-corrected chi connectivity index (χ4v) is 12.9. The van der Waals surface area contributed by atoms with Gasteiger partial charge in [0.1, 0.15) is 0 Å². The van der Waals surface area contributed by atoms with E-state index in [0.717, 1.165) is 45.2 Å². The zero-order valence-corrected chi connectivity index (χ0v) is 22.4. The standard InChI is InChI=1S/C32H48N2O2/c1-28-16-21-9-10-25(28)27(35)32-13-11-22-18-30(32,31(36,17-21)19-28)20-29(32)12-5-8-24(29)26(22)34-15-14-33-23-6-3-2-4-7-23/h9-11,13,21-27,33-36H,2-8,12,14-20H2,1H3. The molecule has 0 heterocycles. The molecule has 4 N–H and O–H groups in total. The molecule has 3 spiro atoms. The van der Waals surface area contributed by atoms with Crippen molar-refractivity contribution in [2.24, 2.45) is 45.3 Å². The zero-order valence-electron chi connectivity index (χ0n) is 22.4. The molecule has 0 saturated heterocycles. The van der Waals surface area contributed by atoms with Crippen LogP contribution in [0.1, 0.15) is 90.4 Å². The van der Waals surface area contributed by atoms with E-state index in [-0.39, 0.29) is 33.7 Å². The topological polar surface area (TPSA) is 64.5 Å². The van der Waals surface area contributed by atoms with Crippen molar-refractivity contribution in [2.45, 2.75) is 114 Å². The molecule has 9 aliphatic carbocycles. The molecule has 6 saturated carbocycles. The van der Waals surface area contributed by atoms with Crippen LogP contribution in [0, 0.1) is 45.3 Å². The highest BCUT2D eigenvalue weighted by molar-refractivity contribution is 5.44. The van der Waals surface area contributed by atoms with Crippen LogP contribution in [0.15, 0.2) is 24.3 Å². The minimum Gasteiger partial charge on any atom is -0.392 e. The molecule has 198 valence electrons. The van der Waals surface area contributed by atoms with Crippen molar-refractivity contribution in [3.8, 4) is 0 Å². The summed E-state index contributed by atoms with van der Waals surface area (Å²) >= 11 is 0. The van der Waals surface area contributed by atoms with Crippen LogP contribution in [0.5, 0.6) is 0 Å². The van der Waals surface area contributed by atoms with Gasteiger partial charge in [-0.3, -0.25) is 0 Å². The molecule has 6 fully saturated rings. The summed E-state index contributed by atoms with van der Waals surface area (Å²) in [6, 6.07) is 1.20. The molecule has 0 radical (unpaired) electrons. The molecule has 9 aliphatic rings. The lowest BCUT2D eigenvalue weighted by Crippen LogP contribution is -2.77. The first kappa shape index (κ1) is 23.2. The molecule has 4 nitrogen and oxygen atoms in total. The first-order valence-corrected chi connectivity index (χ1v) is 15.6. The number of rotatable bonds is 5. The van der Waals surface area contributed by atoms with E-state index in [0.29, 0.717) is 29.8 Å². The number of fused-ring (bicyclic) bond motifs is 2. The number of allylic oxidation sites excluding steroid dienone is 1. The summed E-state index contributed by atoms with van der Waals surface area (Å²) in [5, 5.41) is 33.3. The number of aliphatic hydroxyl groups is 2. The quantitative estimate of drug-likeness (QED) is 0.331. The smallest absolute Gasteiger partial charge is 0.0724 e. The molecule has 0 aliphatic heterocycles. The van der Waals surface area contributed by atoms with Gasteiger partial charge in [0.15, 0.2) is 0 Å². The molecule has 0 amide bonds. The van der Waals surface area contributed by atoms with Gasteiger partial charge in [-0.15, -0.1) is 0 Å². The Bertz CT molecular complexity index is 989. The fraction of sp³-hybridized carbons (Fsp3) is 0.875. The monoisotopic (exact) mass is 492 g/mol. The number of hydrogen-bond acceptors (Lipinski definition) is 4. The fourth-order valence-electron chi connectivity index (χ4n) is 12.9. The minimum atomic E-state index is -0.649. The highest BCUT2D eigenvalue weighted by Gasteiger charge is 2.87. The third kappa shape index (κ3) is 2.57. The minimum absolute atomic E-state index is 0.0216. The van der Waals surface area contributed by atoms with E-state index in [1.165, 1.54) is 51.4 Å². The predicted octanol–water partition coefficient (Wildman–Crippen LogP) is 4.72. The normalized spacial score (nSPS) is 58.2. The van der Waals surface area contributed by atoms with Crippen LogP contribution < -0.4 is 10.6 Å². The van der Waals surface area contributed by atoms with E-state index >= 15 is 0 Å². The summed E-state index contributed by atoms with van der Waals surface area (Å²) in [6.07, 6.45) is 25.3. The zero-order chi connectivity index (χ0) is 24.4. The van der Waals surface area contributed by atoms with Gasteiger partial charge in [0, 0.05) is 41.9 Å². The molecule has 11 unspecified atom stereocenters. The van der Waals surface area contributed by atoms with E-state index in [1.807, 2.05) is 0 Å². The summed E-state index contributed by atoms with van der Waals surface area (Å²) < 4.78 is 0. The highest BCUT2D eigenvalue weighted by Crippen LogP contribution is 2.88. The van der Waals surface area contributed by atoms with Gasteiger partial charge >= 0.3 is 0 Å². The lowest BCUT2D eigenvalue weighted by atomic mass is 9.28. The Labute approximate surface area is 217 Å². The Balaban J connectivity index is 1.14. The van der Waals surface area contributed by atoms with E-state index < -0.39 is 5.60 Å². The van der Waals surface area contributed by atoms with Gasteiger partial charge in [-0.05, 0) is 86.4 Å². The Morgan fingerprint density at radius 2 is 1.72 bits per heavy atom. The maximum atomic E-state index is 12.8. The van der Waals surface area contributed by atoms with E-state index in [1.54, 1.807) is 0 Å². The van der Waals surface area contributed by atoms with Crippen molar-refractivity contribution >= 4 is 0 Å². The van der Waals surface area contributed by atoms with Crippen molar-refractivity contribution < 1.29 is 10.2 Å². The lowest BCUT2D eigenvalue weighted by Gasteiger charge is -2.76. The van der Waals surface area contributed by atoms with Crippen LogP contribution in [-0.4, -0.2) is 47.1 Å². The van der Waals surface area contributed by atoms with Gasteiger partial charge in [-0.25, -0.2) is 0 Å². The SMILES string of the molecule is CC12CC3C=CC1C(O)C14C=CC5CC1(CC41CCCC1C5NCCNC1CCCCC1)C(O)(C3)C2. The molecular formula is C32H48N2O2. The van der Waals surface area contributed by atoms with Crippen molar-refractivity contribution in [1.82, 2.24) is 10.6 Å². The number of hydrogen-bond donors (Lipinski definition) is 4. The second-order valence-corrected chi connectivity index (χ2v) is 15.2. The van der Waals surface area contributed by atoms with Crippen LogP contribution in [0.2, 0.25) is 0 Å². The number of nitrogens with one attached hydrogen (secondary N) is 2. The van der Waals surface area contributed by atoms with Crippen LogP contribution in [0.4, 0.5) is 0 Å². The van der Waals surface area contributed by atoms with Crippen molar-refractivity contribution in [1.29, 1.82) is 0 Å². The Morgan fingerprint density at radius 3 is 2.58 bits per heavy atom. The van der Waals surface area contributed by atoms with Crippen LogP contribution in [-0.2, 0) is 0 Å². The second-order valence-electron chi connectivity index (χ2n) is 15.2. The first-order chi connectivity index (χ1) is 17.4. The molecule has 4 heteroatoms. The molecule has 7 bridgehead atoms. The van der Waals surface area contributed by atoms with Gasteiger partial charge in [0.25, 0.3) is 0 Å². The van der Waals surface area contributed by atoms with Crippen molar-refractivity contribution in [2.75, 3.05) is 13.1 Å². The second kappa shape index (κ2) is 7.49. The average molecular weight is 493 g/mol. The molecule has 36 heavy (non-hydrogen) atoms. The molecule has 0 aromatic rings. The highest BCUT2D eigenvalue weighted by atomic mass is 16.3. The summed E-state index contributed by atoms with van der Waals surface area (Å²) in [6.45, 7) is 4.49. The largest absolute Gasteiger partial charge is 0.392 e. The van der Waals surface area contributed by atoms with Crippen molar-refractivity contribution in [3.05, 3.63) is 24.3 Å². The van der Waals surface area contributed by atoms with Crippen LogP contribution in [0.3, 0.4) is 0 Å². The molecular weight excluding hydrogens is 444 g/mol. The Kier molecular flexibility index (Phi) is 4.83. The first-order valence-electron chi connectivity index (χ1n) is 15.6. The van der Waals surface area contributed by atoms with E-state index in [2.05, 4.69) is 41.9 Å². The Morgan fingerprint density at radius 1 is 0.889 bits per heavy atom. The third-order valence-electron chi connectivity index (χ3n) is 13.8. The maximum Gasteiger partial charge on any atom is 0.0724 e. The average Bonchev–Trinajstić information content (AvgIpc) is 3.18. The third-order valence-corrected chi connectivity index (χ3v) is 13.8. The van der Waals surface area contributed by atoms with Crippen molar-refractivity contribution in [3.63, 3.8) is 0 Å². The van der Waals surface area contributed by atoms with Gasteiger partial charge in [0.05, 0.1) is 11.7 Å². The van der Waals surface area contributed by atoms with Gasteiger partial charge in [-0.1, -0.05) is 56.9 Å². The van der Waals surface area contributed by atoms with E-state index in [9.17, 15) is 10.2 Å². The van der Waals surface area contributed by atoms with Gasteiger partial charge in [0.2, 0.25) is 0 Å². The summed E-state index contributed by atoms with van der Waals surface area (Å²) in [4.78, 5) is 0. The lowest BCUT2D eigenvalue weighted by molar-refractivity contribution is -0.317. The van der Waals surface area contributed by atoms with E-state index in [4.69, 9.17) is 0 Å². The van der Waals surface area contributed by atoms with Crippen LogP contribution >= 0.6 is 0 Å². The van der Waals surface area contributed by atoms with Gasteiger partial charge in [-0.2, -0.15) is 0 Å². The summed E-state index contributed by atoms with van der Waals surface area (Å²) in [5.74, 6) is 1.75. The summed E-state index contributed by atoms with van der Waals surface area (Å²) in [5.41, 5.74) is -0.885. The molecule has 0 aromatic carbocycles.